The number of rotatable bonds is 3. The van der Waals surface area contributed by atoms with Gasteiger partial charge in [-0.05, 0) is 60.2 Å². The van der Waals surface area contributed by atoms with Crippen LogP contribution in [0.2, 0.25) is 0 Å². The first kappa shape index (κ1) is 17.5. The van der Waals surface area contributed by atoms with E-state index in [1.54, 1.807) is 6.07 Å². The zero-order valence-electron chi connectivity index (χ0n) is 13.6. The van der Waals surface area contributed by atoms with Crippen LogP contribution in [0.5, 0.6) is 0 Å². The number of hydrogen-bond acceptors (Lipinski definition) is 2. The average Bonchev–Trinajstić information content (AvgIpc) is 2.58. The van der Waals surface area contributed by atoms with E-state index in [1.165, 1.54) is 17.7 Å². The third kappa shape index (κ3) is 4.20. The molecule has 2 aromatic rings. The third-order valence-corrected chi connectivity index (χ3v) is 4.47. The molecule has 0 aliphatic heterocycles. The number of nitrogens with two attached hydrogens (primary N) is 1. The predicted octanol–water partition coefficient (Wildman–Crippen LogP) is 3.45. The van der Waals surface area contributed by atoms with Gasteiger partial charge in [-0.1, -0.05) is 18.2 Å². The minimum absolute atomic E-state index is 0.173. The molecule has 0 radical (unpaired) electrons. The lowest BCUT2D eigenvalue weighted by atomic mass is 9.87. The van der Waals surface area contributed by atoms with Gasteiger partial charge in [0.05, 0.1) is 5.56 Å². The van der Waals surface area contributed by atoms with Crippen molar-refractivity contribution in [1.82, 2.24) is 5.32 Å². The summed E-state index contributed by atoms with van der Waals surface area (Å²) in [7, 11) is 0. The van der Waals surface area contributed by atoms with Gasteiger partial charge >= 0.3 is 6.18 Å². The number of benzene rings is 2. The van der Waals surface area contributed by atoms with Gasteiger partial charge in [-0.2, -0.15) is 13.2 Å². The molecular formula is C19H19F3N2O. The van der Waals surface area contributed by atoms with Crippen LogP contribution >= 0.6 is 0 Å². The molecule has 1 aliphatic rings. The summed E-state index contributed by atoms with van der Waals surface area (Å²) in [6.45, 7) is 0.179. The van der Waals surface area contributed by atoms with Gasteiger partial charge in [0.25, 0.3) is 5.91 Å². The van der Waals surface area contributed by atoms with Crippen molar-refractivity contribution < 1.29 is 18.0 Å². The van der Waals surface area contributed by atoms with E-state index in [1.807, 2.05) is 12.1 Å². The Bertz CT molecular complexity index is 769. The van der Waals surface area contributed by atoms with Crippen molar-refractivity contribution in [2.75, 3.05) is 0 Å². The summed E-state index contributed by atoms with van der Waals surface area (Å²) in [6, 6.07) is 10.5. The second kappa shape index (κ2) is 6.88. The molecule has 25 heavy (non-hydrogen) atoms. The fraction of sp³-hybridized carbons (Fsp3) is 0.316. The molecule has 2 aromatic carbocycles. The van der Waals surface area contributed by atoms with Crippen molar-refractivity contribution in [3.8, 4) is 0 Å². The molecule has 1 amide bonds. The van der Waals surface area contributed by atoms with Gasteiger partial charge in [-0.15, -0.1) is 0 Å². The van der Waals surface area contributed by atoms with Crippen molar-refractivity contribution in [1.29, 1.82) is 0 Å². The third-order valence-electron chi connectivity index (χ3n) is 4.47. The molecule has 3 N–H and O–H groups in total. The number of aryl methyl sites for hydroxylation is 1. The van der Waals surface area contributed by atoms with Crippen LogP contribution in [0.3, 0.4) is 0 Å². The van der Waals surface area contributed by atoms with Crippen molar-refractivity contribution in [3.63, 3.8) is 0 Å². The standard InChI is InChI=1S/C19H19F3N2O/c20-19(21,22)16-6-1-12(2-7-16)11-24-18(25)15-4-3-14-10-17(23)8-5-13(14)9-15/h1-4,6-7,9,17H,5,8,10-11,23H2,(H,24,25). The fourth-order valence-electron chi connectivity index (χ4n) is 3.02. The van der Waals surface area contributed by atoms with Crippen LogP contribution in [0.4, 0.5) is 13.2 Å². The molecule has 3 rings (SSSR count). The highest BCUT2D eigenvalue weighted by molar-refractivity contribution is 5.94. The SMILES string of the molecule is NC1CCc2cc(C(=O)NCc3ccc(C(F)(F)F)cc3)ccc2C1. The summed E-state index contributed by atoms with van der Waals surface area (Å²) in [5.74, 6) is -0.238. The van der Waals surface area contributed by atoms with Crippen molar-refractivity contribution in [3.05, 3.63) is 70.3 Å². The Morgan fingerprint density at radius 2 is 1.84 bits per heavy atom. The van der Waals surface area contributed by atoms with Crippen molar-refractivity contribution in [2.45, 2.75) is 38.0 Å². The molecule has 0 aromatic heterocycles. The van der Waals surface area contributed by atoms with E-state index in [0.29, 0.717) is 11.1 Å². The highest BCUT2D eigenvalue weighted by Gasteiger charge is 2.29. The van der Waals surface area contributed by atoms with Crippen LogP contribution in [0.25, 0.3) is 0 Å². The van der Waals surface area contributed by atoms with E-state index in [0.717, 1.165) is 37.0 Å². The Labute approximate surface area is 144 Å². The average molecular weight is 348 g/mol. The summed E-state index contributed by atoms with van der Waals surface area (Å²) in [5, 5.41) is 2.74. The lowest BCUT2D eigenvalue weighted by molar-refractivity contribution is -0.137. The maximum absolute atomic E-state index is 12.5. The number of hydrogen-bond donors (Lipinski definition) is 2. The fourth-order valence-corrected chi connectivity index (χ4v) is 3.02. The molecule has 3 nitrogen and oxygen atoms in total. The molecular weight excluding hydrogens is 329 g/mol. The summed E-state index contributed by atoms with van der Waals surface area (Å²) < 4.78 is 37.6. The van der Waals surface area contributed by atoms with Gasteiger partial charge in [0.1, 0.15) is 0 Å². The van der Waals surface area contributed by atoms with E-state index in [-0.39, 0.29) is 18.5 Å². The summed E-state index contributed by atoms with van der Waals surface area (Å²) in [6.07, 6.45) is -1.77. The van der Waals surface area contributed by atoms with Crippen LogP contribution in [-0.2, 0) is 25.6 Å². The minimum atomic E-state index is -4.35. The number of carbonyl (C=O) groups excluding carboxylic acids is 1. The van der Waals surface area contributed by atoms with Crippen LogP contribution < -0.4 is 11.1 Å². The molecule has 1 unspecified atom stereocenters. The number of fused-ring (bicyclic) bond motifs is 1. The largest absolute Gasteiger partial charge is 0.416 e. The smallest absolute Gasteiger partial charge is 0.348 e. The number of amides is 1. The van der Waals surface area contributed by atoms with Gasteiger partial charge in [0.15, 0.2) is 0 Å². The molecule has 6 heteroatoms. The zero-order chi connectivity index (χ0) is 18.0. The lowest BCUT2D eigenvalue weighted by Gasteiger charge is -2.21. The monoisotopic (exact) mass is 348 g/mol. The van der Waals surface area contributed by atoms with Crippen LogP contribution in [0, 0.1) is 0 Å². The van der Waals surface area contributed by atoms with Crippen LogP contribution in [0.15, 0.2) is 42.5 Å². The molecule has 0 bridgehead atoms. The van der Waals surface area contributed by atoms with Crippen molar-refractivity contribution in [2.24, 2.45) is 5.73 Å². The van der Waals surface area contributed by atoms with Crippen LogP contribution in [0.1, 0.15) is 39.0 Å². The van der Waals surface area contributed by atoms with Gasteiger partial charge in [-0.25, -0.2) is 0 Å². The second-order valence-corrected chi connectivity index (χ2v) is 6.36. The molecule has 132 valence electrons. The number of nitrogens with one attached hydrogen (secondary N) is 1. The molecule has 1 atom stereocenters. The topological polar surface area (TPSA) is 55.1 Å². The second-order valence-electron chi connectivity index (χ2n) is 6.36. The number of carbonyl (C=O) groups is 1. The number of alkyl halides is 3. The molecule has 0 saturated carbocycles. The normalized spacial score (nSPS) is 17.0. The first-order valence-corrected chi connectivity index (χ1v) is 8.14. The van der Waals surface area contributed by atoms with Gasteiger partial charge in [0.2, 0.25) is 0 Å². The molecule has 0 spiro atoms. The van der Waals surface area contributed by atoms with E-state index < -0.39 is 11.7 Å². The van der Waals surface area contributed by atoms with Gasteiger partial charge in [-0.3, -0.25) is 4.79 Å². The van der Waals surface area contributed by atoms with Gasteiger partial charge in [0, 0.05) is 18.2 Å². The van der Waals surface area contributed by atoms with E-state index in [4.69, 9.17) is 5.73 Å². The quantitative estimate of drug-likeness (QED) is 0.893. The molecule has 0 heterocycles. The lowest BCUT2D eigenvalue weighted by Crippen LogP contribution is -2.28. The first-order chi connectivity index (χ1) is 11.8. The van der Waals surface area contributed by atoms with Gasteiger partial charge < -0.3 is 11.1 Å². The molecule has 1 aliphatic carbocycles. The highest BCUT2D eigenvalue weighted by atomic mass is 19.4. The van der Waals surface area contributed by atoms with E-state index in [2.05, 4.69) is 5.32 Å². The Morgan fingerprint density at radius 1 is 1.12 bits per heavy atom. The molecule has 0 fully saturated rings. The zero-order valence-corrected chi connectivity index (χ0v) is 13.6. The Hall–Kier alpha value is -2.34. The molecule has 0 saturated heterocycles. The summed E-state index contributed by atoms with van der Waals surface area (Å²) >= 11 is 0. The number of halogens is 3. The maximum atomic E-state index is 12.5. The Morgan fingerprint density at radius 3 is 2.52 bits per heavy atom. The predicted molar refractivity (Wildman–Crippen MR) is 89.1 cm³/mol. The van der Waals surface area contributed by atoms with Crippen molar-refractivity contribution >= 4 is 5.91 Å². The highest BCUT2D eigenvalue weighted by Crippen LogP contribution is 2.29. The maximum Gasteiger partial charge on any atom is 0.416 e. The van der Waals surface area contributed by atoms with Crippen LogP contribution in [-0.4, -0.2) is 11.9 Å². The summed E-state index contributed by atoms with van der Waals surface area (Å²) in [4.78, 5) is 12.3. The Balaban J connectivity index is 1.63. The Kier molecular flexibility index (Phi) is 4.81. The minimum Gasteiger partial charge on any atom is -0.348 e. The first-order valence-electron chi connectivity index (χ1n) is 8.14. The van der Waals surface area contributed by atoms with E-state index >= 15 is 0 Å². The van der Waals surface area contributed by atoms with E-state index in [9.17, 15) is 18.0 Å². The summed E-state index contributed by atoms with van der Waals surface area (Å²) in [5.41, 5.74) is 8.74.